The Kier molecular flexibility index (Phi) is 2.87. The predicted molar refractivity (Wildman–Crippen MR) is 68.3 cm³/mol. The molecule has 0 saturated heterocycles. The molecule has 1 aromatic rings. The molecule has 3 atom stereocenters. The fourth-order valence-corrected chi connectivity index (χ4v) is 2.83. The Morgan fingerprint density at radius 3 is 2.00 bits per heavy atom. The van der Waals surface area contributed by atoms with E-state index in [0.29, 0.717) is 0 Å². The second-order valence-corrected chi connectivity index (χ2v) is 5.11. The highest BCUT2D eigenvalue weighted by atomic mass is 16.4. The lowest BCUT2D eigenvalue weighted by molar-refractivity contribution is -0.0697. The highest BCUT2D eigenvalue weighted by molar-refractivity contribution is 6.24. The van der Waals surface area contributed by atoms with Crippen molar-refractivity contribution in [1.82, 2.24) is 0 Å². The quantitative estimate of drug-likeness (QED) is 0.401. The van der Waals surface area contributed by atoms with E-state index in [1.807, 2.05) is 0 Å². The van der Waals surface area contributed by atoms with E-state index in [0.717, 1.165) is 12.2 Å². The number of hydrogen-bond donors (Lipinski definition) is 5. The van der Waals surface area contributed by atoms with Gasteiger partial charge in [-0.1, -0.05) is 0 Å². The number of hydrogen-bond acceptors (Lipinski definition) is 7. The zero-order valence-electron chi connectivity index (χ0n) is 10.6. The number of carbonyl (C=O) groups is 2. The van der Waals surface area contributed by atoms with E-state index < -0.39 is 46.9 Å². The van der Waals surface area contributed by atoms with Crippen molar-refractivity contribution in [3.05, 3.63) is 34.4 Å². The van der Waals surface area contributed by atoms with Crippen LogP contribution in [0.2, 0.25) is 0 Å². The molecule has 110 valence electrons. The molecule has 0 saturated carbocycles. The van der Waals surface area contributed by atoms with Gasteiger partial charge in [-0.05, 0) is 12.2 Å². The molecule has 21 heavy (non-hydrogen) atoms. The third-order valence-electron chi connectivity index (χ3n) is 3.90. The smallest absolute Gasteiger partial charge is 0.190 e. The van der Waals surface area contributed by atoms with E-state index in [-0.39, 0.29) is 23.1 Å². The molecule has 3 rings (SSSR count). The van der Waals surface area contributed by atoms with E-state index in [1.54, 1.807) is 0 Å². The van der Waals surface area contributed by atoms with Crippen LogP contribution in [0.5, 0.6) is 11.5 Å². The summed E-state index contributed by atoms with van der Waals surface area (Å²) in [5.74, 6) is -2.56. The molecule has 2 aliphatic rings. The lowest BCUT2D eigenvalue weighted by Crippen LogP contribution is -2.39. The SMILES string of the molecule is O=C1C=CC(=O)c2c(O)c3c(c(O)c21)CC(O)C(O)C3O. The maximum absolute atomic E-state index is 11.8. The third-order valence-corrected chi connectivity index (χ3v) is 3.90. The van der Waals surface area contributed by atoms with Crippen molar-refractivity contribution in [3.63, 3.8) is 0 Å². The molecule has 2 aliphatic carbocycles. The van der Waals surface area contributed by atoms with Crippen LogP contribution in [0.3, 0.4) is 0 Å². The summed E-state index contributed by atoms with van der Waals surface area (Å²) in [6.45, 7) is 0. The van der Waals surface area contributed by atoms with Crippen LogP contribution < -0.4 is 0 Å². The number of phenols is 2. The molecule has 0 bridgehead atoms. The Morgan fingerprint density at radius 2 is 1.43 bits per heavy atom. The van der Waals surface area contributed by atoms with Crippen molar-refractivity contribution in [3.8, 4) is 11.5 Å². The van der Waals surface area contributed by atoms with Gasteiger partial charge in [0.2, 0.25) is 0 Å². The van der Waals surface area contributed by atoms with Gasteiger partial charge in [-0.15, -0.1) is 0 Å². The Morgan fingerprint density at radius 1 is 0.905 bits per heavy atom. The molecule has 7 nitrogen and oxygen atoms in total. The number of fused-ring (bicyclic) bond motifs is 2. The first kappa shape index (κ1) is 13.7. The van der Waals surface area contributed by atoms with E-state index in [2.05, 4.69) is 0 Å². The van der Waals surface area contributed by atoms with Crippen molar-refractivity contribution in [1.29, 1.82) is 0 Å². The number of aliphatic hydroxyl groups is 3. The molecule has 0 aliphatic heterocycles. The second kappa shape index (κ2) is 4.39. The number of aliphatic hydroxyl groups excluding tert-OH is 3. The Bertz CT molecular complexity index is 704. The summed E-state index contributed by atoms with van der Waals surface area (Å²) >= 11 is 0. The molecule has 1 aromatic carbocycles. The molecule has 0 fully saturated rings. The van der Waals surface area contributed by atoms with Crippen LogP contribution in [0, 0.1) is 0 Å². The van der Waals surface area contributed by atoms with E-state index >= 15 is 0 Å². The van der Waals surface area contributed by atoms with Crippen LogP contribution in [-0.2, 0) is 6.42 Å². The van der Waals surface area contributed by atoms with Crippen LogP contribution in [0.1, 0.15) is 37.9 Å². The highest BCUT2D eigenvalue weighted by Crippen LogP contribution is 2.46. The van der Waals surface area contributed by atoms with Crippen molar-refractivity contribution < 1.29 is 35.1 Å². The molecule has 0 spiro atoms. The standard InChI is InChI=1S/C14H12O7/c15-5-1-2-6(16)10-9(5)11(18)4-3-7(17)12(19)14(21)8(4)13(10)20/h1-2,7,12,14,17-21H,3H2. The van der Waals surface area contributed by atoms with Gasteiger partial charge in [-0.25, -0.2) is 0 Å². The maximum Gasteiger partial charge on any atom is 0.190 e. The van der Waals surface area contributed by atoms with Crippen LogP contribution in [-0.4, -0.2) is 49.3 Å². The second-order valence-electron chi connectivity index (χ2n) is 5.11. The summed E-state index contributed by atoms with van der Waals surface area (Å²) in [5.41, 5.74) is -1.04. The topological polar surface area (TPSA) is 135 Å². The first-order valence-corrected chi connectivity index (χ1v) is 6.26. The van der Waals surface area contributed by atoms with Gasteiger partial charge in [0.1, 0.15) is 23.7 Å². The fraction of sp³-hybridized carbons (Fsp3) is 0.286. The van der Waals surface area contributed by atoms with Crippen LogP contribution in [0.25, 0.3) is 0 Å². The van der Waals surface area contributed by atoms with E-state index in [4.69, 9.17) is 0 Å². The molecular formula is C14H12O7. The number of ketones is 2. The van der Waals surface area contributed by atoms with E-state index in [1.165, 1.54) is 0 Å². The molecule has 0 radical (unpaired) electrons. The molecular weight excluding hydrogens is 280 g/mol. The monoisotopic (exact) mass is 292 g/mol. The summed E-state index contributed by atoms with van der Waals surface area (Å²) in [7, 11) is 0. The molecule has 3 unspecified atom stereocenters. The maximum atomic E-state index is 11.8. The minimum absolute atomic E-state index is 0.0481. The molecule has 0 aromatic heterocycles. The Balaban J connectivity index is 2.37. The lowest BCUT2D eigenvalue weighted by Gasteiger charge is -2.33. The van der Waals surface area contributed by atoms with Crippen molar-refractivity contribution in [2.24, 2.45) is 0 Å². The average Bonchev–Trinajstić information content (AvgIpc) is 2.44. The van der Waals surface area contributed by atoms with Gasteiger partial charge in [0.15, 0.2) is 11.6 Å². The van der Waals surface area contributed by atoms with Gasteiger partial charge in [-0.2, -0.15) is 0 Å². The van der Waals surface area contributed by atoms with Gasteiger partial charge in [0.05, 0.1) is 17.2 Å². The first-order valence-electron chi connectivity index (χ1n) is 6.26. The number of allylic oxidation sites excluding steroid dienone is 2. The molecule has 5 N–H and O–H groups in total. The van der Waals surface area contributed by atoms with Crippen molar-refractivity contribution in [2.45, 2.75) is 24.7 Å². The molecule has 7 heteroatoms. The summed E-state index contributed by atoms with van der Waals surface area (Å²) in [5, 5.41) is 49.7. The summed E-state index contributed by atoms with van der Waals surface area (Å²) in [6.07, 6.45) is -2.93. The number of carbonyl (C=O) groups excluding carboxylic acids is 2. The number of benzene rings is 1. The zero-order valence-corrected chi connectivity index (χ0v) is 10.6. The summed E-state index contributed by atoms with van der Waals surface area (Å²) in [4.78, 5) is 23.7. The van der Waals surface area contributed by atoms with Gasteiger partial charge in [-0.3, -0.25) is 9.59 Å². The summed E-state index contributed by atoms with van der Waals surface area (Å²) < 4.78 is 0. The van der Waals surface area contributed by atoms with Crippen LogP contribution >= 0.6 is 0 Å². The third kappa shape index (κ3) is 1.72. The lowest BCUT2D eigenvalue weighted by atomic mass is 9.79. The minimum atomic E-state index is -1.67. The Hall–Kier alpha value is -2.22. The van der Waals surface area contributed by atoms with E-state index in [9.17, 15) is 35.1 Å². The number of aromatic hydroxyl groups is 2. The zero-order chi connectivity index (χ0) is 15.5. The average molecular weight is 292 g/mol. The van der Waals surface area contributed by atoms with Gasteiger partial charge < -0.3 is 25.5 Å². The summed E-state index contributed by atoms with van der Waals surface area (Å²) in [6, 6.07) is 0. The normalized spacial score (nSPS) is 27.5. The van der Waals surface area contributed by atoms with Crippen molar-refractivity contribution in [2.75, 3.05) is 0 Å². The van der Waals surface area contributed by atoms with Crippen molar-refractivity contribution >= 4 is 11.6 Å². The van der Waals surface area contributed by atoms with Crippen LogP contribution in [0.4, 0.5) is 0 Å². The molecule has 0 amide bonds. The number of phenolic OH excluding ortho intramolecular Hbond substituents is 2. The highest BCUT2D eigenvalue weighted by Gasteiger charge is 2.41. The predicted octanol–water partition coefficient (Wildman–Crippen LogP) is -0.656. The molecule has 0 heterocycles. The first-order chi connectivity index (χ1) is 9.84. The van der Waals surface area contributed by atoms with Crippen LogP contribution in [0.15, 0.2) is 12.2 Å². The van der Waals surface area contributed by atoms with Gasteiger partial charge in [0, 0.05) is 17.5 Å². The fourth-order valence-electron chi connectivity index (χ4n) is 2.83. The van der Waals surface area contributed by atoms with Gasteiger partial charge >= 0.3 is 0 Å². The minimum Gasteiger partial charge on any atom is -0.507 e. The van der Waals surface area contributed by atoms with Gasteiger partial charge in [0.25, 0.3) is 0 Å². The number of rotatable bonds is 0. The Labute approximate surface area is 118 Å². The largest absolute Gasteiger partial charge is 0.507 e.